The Balaban J connectivity index is 0.00000196. The van der Waals surface area contributed by atoms with E-state index < -0.39 is 0 Å². The molecule has 1 atom stereocenters. The van der Waals surface area contributed by atoms with Gasteiger partial charge in [-0.15, -0.1) is 12.4 Å². The van der Waals surface area contributed by atoms with Crippen molar-refractivity contribution in [1.29, 1.82) is 0 Å². The summed E-state index contributed by atoms with van der Waals surface area (Å²) in [6, 6.07) is 12.5. The van der Waals surface area contributed by atoms with E-state index in [1.165, 1.54) is 18.4 Å². The van der Waals surface area contributed by atoms with Gasteiger partial charge in [0.05, 0.1) is 11.7 Å². The lowest BCUT2D eigenvalue weighted by atomic mass is 9.95. The highest BCUT2D eigenvalue weighted by atomic mass is 35.5. The highest BCUT2D eigenvalue weighted by Gasteiger charge is 2.26. The molecular formula is C20H26ClN3O2. The Morgan fingerprint density at radius 3 is 2.73 bits per heavy atom. The summed E-state index contributed by atoms with van der Waals surface area (Å²) >= 11 is 0. The Morgan fingerprint density at radius 1 is 1.15 bits per heavy atom. The minimum absolute atomic E-state index is 0. The van der Waals surface area contributed by atoms with Gasteiger partial charge in [-0.05, 0) is 68.7 Å². The van der Waals surface area contributed by atoms with Crippen molar-refractivity contribution in [3.8, 4) is 11.5 Å². The van der Waals surface area contributed by atoms with Crippen LogP contribution in [-0.2, 0) is 0 Å². The van der Waals surface area contributed by atoms with Crippen LogP contribution in [0.3, 0.4) is 0 Å². The normalized spacial score (nSPS) is 17.8. The van der Waals surface area contributed by atoms with Gasteiger partial charge in [0.2, 0.25) is 6.79 Å². The number of nitrogens with one attached hydrogen (secondary N) is 1. The van der Waals surface area contributed by atoms with Crippen LogP contribution in [0.15, 0.2) is 42.6 Å². The van der Waals surface area contributed by atoms with Gasteiger partial charge in [-0.25, -0.2) is 0 Å². The van der Waals surface area contributed by atoms with E-state index >= 15 is 0 Å². The number of pyridine rings is 1. The first-order valence-corrected chi connectivity index (χ1v) is 9.02. The van der Waals surface area contributed by atoms with Crippen LogP contribution >= 0.6 is 12.4 Å². The van der Waals surface area contributed by atoms with Crippen molar-refractivity contribution in [2.24, 2.45) is 5.92 Å². The van der Waals surface area contributed by atoms with Gasteiger partial charge < -0.3 is 14.8 Å². The van der Waals surface area contributed by atoms with E-state index in [1.54, 1.807) is 0 Å². The Hall–Kier alpha value is -1.82. The first-order valence-electron chi connectivity index (χ1n) is 9.02. The maximum Gasteiger partial charge on any atom is 0.231 e. The molecule has 1 N–H and O–H groups in total. The van der Waals surface area contributed by atoms with E-state index in [-0.39, 0.29) is 18.4 Å². The summed E-state index contributed by atoms with van der Waals surface area (Å²) in [7, 11) is 2.20. The number of rotatable bonds is 5. The molecule has 0 spiro atoms. The first kappa shape index (κ1) is 19.0. The van der Waals surface area contributed by atoms with Crippen molar-refractivity contribution in [3.63, 3.8) is 0 Å². The third kappa shape index (κ3) is 4.11. The Labute approximate surface area is 161 Å². The first-order chi connectivity index (χ1) is 12.3. The average molecular weight is 376 g/mol. The van der Waals surface area contributed by atoms with E-state index in [4.69, 9.17) is 9.47 Å². The Morgan fingerprint density at radius 2 is 1.96 bits per heavy atom. The molecule has 2 aromatic rings. The van der Waals surface area contributed by atoms with Crippen molar-refractivity contribution in [1.82, 2.24) is 15.2 Å². The van der Waals surface area contributed by atoms with Gasteiger partial charge in [0.25, 0.3) is 0 Å². The number of hydrogen-bond donors (Lipinski definition) is 1. The fourth-order valence-electron chi connectivity index (χ4n) is 3.85. The quantitative estimate of drug-likeness (QED) is 0.869. The molecule has 1 aromatic heterocycles. The number of benzene rings is 1. The topological polar surface area (TPSA) is 46.6 Å². The summed E-state index contributed by atoms with van der Waals surface area (Å²) in [5.74, 6) is 2.38. The van der Waals surface area contributed by atoms with Crippen LogP contribution in [-0.4, -0.2) is 43.4 Å². The third-order valence-electron chi connectivity index (χ3n) is 5.13. The summed E-state index contributed by atoms with van der Waals surface area (Å²) in [4.78, 5) is 7.06. The van der Waals surface area contributed by atoms with E-state index in [0.29, 0.717) is 6.79 Å². The second-order valence-corrected chi connectivity index (χ2v) is 6.90. The molecule has 0 aliphatic carbocycles. The molecule has 2 aliphatic rings. The highest BCUT2D eigenvalue weighted by Crippen LogP contribution is 2.37. The predicted molar refractivity (Wildman–Crippen MR) is 104 cm³/mol. The molecule has 4 rings (SSSR count). The maximum atomic E-state index is 5.59. The number of hydrogen-bond acceptors (Lipinski definition) is 5. The minimum atomic E-state index is 0. The molecule has 0 radical (unpaired) electrons. The van der Waals surface area contributed by atoms with Gasteiger partial charge in [-0.3, -0.25) is 9.88 Å². The molecule has 0 saturated carbocycles. The van der Waals surface area contributed by atoms with Gasteiger partial charge in [0.1, 0.15) is 0 Å². The zero-order valence-corrected chi connectivity index (χ0v) is 15.9. The van der Waals surface area contributed by atoms with Crippen molar-refractivity contribution in [2.75, 3.05) is 33.5 Å². The average Bonchev–Trinajstić information content (AvgIpc) is 3.11. The van der Waals surface area contributed by atoms with E-state index in [9.17, 15) is 0 Å². The summed E-state index contributed by atoms with van der Waals surface area (Å²) in [6.45, 7) is 3.61. The van der Waals surface area contributed by atoms with Gasteiger partial charge in [0, 0.05) is 12.7 Å². The van der Waals surface area contributed by atoms with Crippen LogP contribution in [0.5, 0.6) is 11.5 Å². The molecule has 140 valence electrons. The molecular weight excluding hydrogens is 350 g/mol. The molecule has 3 heterocycles. The van der Waals surface area contributed by atoms with Crippen LogP contribution < -0.4 is 14.8 Å². The Bertz CT molecular complexity index is 707. The molecule has 26 heavy (non-hydrogen) atoms. The van der Waals surface area contributed by atoms with Crippen molar-refractivity contribution in [3.05, 3.63) is 53.9 Å². The fraction of sp³-hybridized carbons (Fsp3) is 0.450. The number of fused-ring (bicyclic) bond motifs is 1. The number of aromatic nitrogens is 1. The minimum Gasteiger partial charge on any atom is -0.454 e. The van der Waals surface area contributed by atoms with Crippen molar-refractivity contribution < 1.29 is 9.47 Å². The summed E-state index contributed by atoms with van der Waals surface area (Å²) in [5, 5.41) is 3.45. The number of nitrogens with zero attached hydrogens (tertiary/aromatic N) is 2. The lowest BCUT2D eigenvalue weighted by Gasteiger charge is -2.33. The smallest absolute Gasteiger partial charge is 0.231 e. The zero-order chi connectivity index (χ0) is 17.1. The van der Waals surface area contributed by atoms with Crippen LogP contribution in [0.2, 0.25) is 0 Å². The summed E-state index contributed by atoms with van der Waals surface area (Å²) in [6.07, 6.45) is 4.34. The monoisotopic (exact) mass is 375 g/mol. The highest BCUT2D eigenvalue weighted by molar-refractivity contribution is 5.85. The predicted octanol–water partition coefficient (Wildman–Crippen LogP) is 3.25. The van der Waals surface area contributed by atoms with Gasteiger partial charge in [-0.1, -0.05) is 12.1 Å². The third-order valence-corrected chi connectivity index (χ3v) is 5.13. The summed E-state index contributed by atoms with van der Waals surface area (Å²) in [5.41, 5.74) is 2.26. The molecule has 0 amide bonds. The molecule has 6 heteroatoms. The summed E-state index contributed by atoms with van der Waals surface area (Å²) < 4.78 is 11.0. The molecule has 1 aromatic carbocycles. The molecule has 2 aliphatic heterocycles. The van der Waals surface area contributed by atoms with E-state index in [1.807, 2.05) is 18.3 Å². The largest absolute Gasteiger partial charge is 0.454 e. The van der Waals surface area contributed by atoms with Crippen molar-refractivity contribution in [2.45, 2.75) is 18.9 Å². The molecule has 1 unspecified atom stereocenters. The second-order valence-electron chi connectivity index (χ2n) is 6.90. The van der Waals surface area contributed by atoms with Crippen LogP contribution in [0, 0.1) is 5.92 Å². The fourth-order valence-corrected chi connectivity index (χ4v) is 3.85. The van der Waals surface area contributed by atoms with E-state index in [2.05, 4.69) is 46.5 Å². The van der Waals surface area contributed by atoms with Gasteiger partial charge in [0.15, 0.2) is 11.5 Å². The molecule has 0 bridgehead atoms. The lowest BCUT2D eigenvalue weighted by Crippen LogP contribution is -2.36. The second kappa shape index (κ2) is 8.71. The van der Waals surface area contributed by atoms with Crippen LogP contribution in [0.4, 0.5) is 0 Å². The maximum absolute atomic E-state index is 5.59. The van der Waals surface area contributed by atoms with Crippen molar-refractivity contribution >= 4 is 12.4 Å². The van der Waals surface area contributed by atoms with Crippen LogP contribution in [0.25, 0.3) is 0 Å². The molecule has 1 fully saturated rings. The lowest BCUT2D eigenvalue weighted by molar-refractivity contribution is 0.173. The Kier molecular flexibility index (Phi) is 6.35. The number of piperidine rings is 1. The SMILES string of the molecule is CN(CC1CCNCC1)C(c1ccc2c(c1)OCO2)c1ccccn1.Cl. The number of ether oxygens (including phenoxy) is 2. The van der Waals surface area contributed by atoms with E-state index in [0.717, 1.165) is 42.7 Å². The van der Waals surface area contributed by atoms with Gasteiger partial charge >= 0.3 is 0 Å². The number of halogens is 1. The standard InChI is InChI=1S/C20H25N3O2.ClH/c1-23(13-15-7-10-21-11-8-15)20(17-4-2-3-9-22-17)16-5-6-18-19(12-16)25-14-24-18;/h2-6,9,12,15,20-21H,7-8,10-11,13-14H2,1H3;1H. The van der Waals surface area contributed by atoms with Crippen LogP contribution in [0.1, 0.15) is 30.1 Å². The molecule has 1 saturated heterocycles. The van der Waals surface area contributed by atoms with Gasteiger partial charge in [-0.2, -0.15) is 0 Å². The molecule has 5 nitrogen and oxygen atoms in total. The zero-order valence-electron chi connectivity index (χ0n) is 15.1.